The zero-order chi connectivity index (χ0) is 20.5. The molecule has 0 bridgehead atoms. The fraction of sp³-hybridized carbons (Fsp3) is 0.350. The summed E-state index contributed by atoms with van der Waals surface area (Å²) in [5.41, 5.74) is 3.20. The Morgan fingerprint density at radius 2 is 1.86 bits per heavy atom. The van der Waals surface area contributed by atoms with E-state index in [1.54, 1.807) is 13.0 Å². The molecule has 3 atom stereocenters. The number of ketones is 2. The fourth-order valence-electron chi connectivity index (χ4n) is 4.77. The Bertz CT molecular complexity index is 1040. The molecule has 0 heterocycles. The van der Waals surface area contributed by atoms with Gasteiger partial charge in [0.1, 0.15) is 22.8 Å². The van der Waals surface area contributed by atoms with E-state index < -0.39 is 52.0 Å². The number of aliphatic hydroxyl groups is 3. The van der Waals surface area contributed by atoms with Crippen LogP contribution in [0.2, 0.25) is 0 Å². The van der Waals surface area contributed by atoms with Crippen molar-refractivity contribution in [2.45, 2.75) is 31.8 Å². The molecule has 0 spiro atoms. The van der Waals surface area contributed by atoms with Crippen molar-refractivity contribution in [3.8, 4) is 5.75 Å². The summed E-state index contributed by atoms with van der Waals surface area (Å²) in [4.78, 5) is 37.4. The highest BCUT2D eigenvalue weighted by Crippen LogP contribution is 2.51. The lowest BCUT2D eigenvalue weighted by atomic mass is 9.60. The highest BCUT2D eigenvalue weighted by atomic mass is 16.3. The molecule has 3 aliphatic carbocycles. The Morgan fingerprint density at radius 1 is 1.18 bits per heavy atom. The van der Waals surface area contributed by atoms with Gasteiger partial charge in [0.15, 0.2) is 11.4 Å². The lowest BCUT2D eigenvalue weighted by molar-refractivity contribution is -0.144. The van der Waals surface area contributed by atoms with Crippen LogP contribution in [-0.4, -0.2) is 43.5 Å². The van der Waals surface area contributed by atoms with Crippen molar-refractivity contribution in [3.05, 3.63) is 51.5 Å². The molecule has 0 aromatic heterocycles. The van der Waals surface area contributed by atoms with Crippen LogP contribution in [-0.2, 0) is 16.0 Å². The first-order chi connectivity index (χ1) is 13.1. The highest BCUT2D eigenvalue weighted by Gasteiger charge is 2.59. The Morgan fingerprint density at radius 3 is 2.50 bits per heavy atom. The van der Waals surface area contributed by atoms with Crippen molar-refractivity contribution in [3.63, 3.8) is 0 Å². The third kappa shape index (κ3) is 2.12. The van der Waals surface area contributed by atoms with Gasteiger partial charge < -0.3 is 26.2 Å². The number of aliphatic hydroxyl groups excluding tert-OH is 2. The molecule has 1 amide bonds. The van der Waals surface area contributed by atoms with Crippen LogP contribution < -0.4 is 5.73 Å². The molecule has 1 aromatic rings. The number of amides is 1. The van der Waals surface area contributed by atoms with Gasteiger partial charge in [-0.25, -0.2) is 0 Å². The summed E-state index contributed by atoms with van der Waals surface area (Å²) >= 11 is 0. The molecule has 0 saturated carbocycles. The summed E-state index contributed by atoms with van der Waals surface area (Å²) < 4.78 is 0. The molecule has 0 radical (unpaired) electrons. The van der Waals surface area contributed by atoms with Crippen LogP contribution in [0, 0.1) is 18.8 Å². The van der Waals surface area contributed by atoms with Crippen molar-refractivity contribution < 1.29 is 34.8 Å². The average Bonchev–Trinajstić information content (AvgIpc) is 2.61. The largest absolute Gasteiger partial charge is 0.511 e. The number of phenolic OH excluding ortho intramolecular Hbond substituents is 1. The maximum atomic E-state index is 13.1. The predicted molar refractivity (Wildman–Crippen MR) is 95.6 cm³/mol. The van der Waals surface area contributed by atoms with Crippen LogP contribution in [0.3, 0.4) is 0 Å². The van der Waals surface area contributed by atoms with Crippen LogP contribution >= 0.6 is 0 Å². The summed E-state index contributed by atoms with van der Waals surface area (Å²) in [7, 11) is 0. The topological polar surface area (TPSA) is 158 Å². The molecular weight excluding hydrogens is 366 g/mol. The van der Waals surface area contributed by atoms with E-state index in [0.29, 0.717) is 12.0 Å². The number of hydrogen-bond donors (Lipinski definition) is 5. The van der Waals surface area contributed by atoms with Gasteiger partial charge in [0.25, 0.3) is 5.91 Å². The molecule has 4 rings (SSSR count). The summed E-state index contributed by atoms with van der Waals surface area (Å²) in [5.74, 6) is -6.12. The minimum absolute atomic E-state index is 0.0385. The number of fused-ring (bicyclic) bond motifs is 3. The van der Waals surface area contributed by atoms with Gasteiger partial charge in [0, 0.05) is 17.9 Å². The predicted octanol–water partition coefficient (Wildman–Crippen LogP) is 0.889. The molecule has 6 N–H and O–H groups in total. The van der Waals surface area contributed by atoms with Crippen molar-refractivity contribution in [2.75, 3.05) is 0 Å². The second-order valence-electron chi connectivity index (χ2n) is 7.67. The molecule has 8 nitrogen and oxygen atoms in total. The number of benzene rings is 1. The fourth-order valence-corrected chi connectivity index (χ4v) is 4.77. The smallest absolute Gasteiger partial charge is 0.255 e. The summed E-state index contributed by atoms with van der Waals surface area (Å²) in [6, 6.07) is 3.06. The zero-order valence-electron chi connectivity index (χ0n) is 15.0. The van der Waals surface area contributed by atoms with Gasteiger partial charge in [-0.3, -0.25) is 14.4 Å². The molecular formula is C20H19NO7. The van der Waals surface area contributed by atoms with Gasteiger partial charge in [0.2, 0.25) is 5.78 Å². The van der Waals surface area contributed by atoms with Gasteiger partial charge in [-0.05, 0) is 42.9 Å². The molecule has 146 valence electrons. The SMILES string of the molecule is Cc1ccc(O)c2c1C[C@@H]1C[C@@H]3CC(O)=C(C(N)=O)C(=O)[C@]3(O)C(O)=C1C2=O. The zero-order valence-corrected chi connectivity index (χ0v) is 15.0. The number of aryl methyl sites for hydroxylation is 1. The lowest BCUT2D eigenvalue weighted by Gasteiger charge is -2.45. The summed E-state index contributed by atoms with van der Waals surface area (Å²) in [6.45, 7) is 1.80. The summed E-state index contributed by atoms with van der Waals surface area (Å²) in [6.07, 6.45) is 0.237. The third-order valence-corrected chi connectivity index (χ3v) is 6.18. The third-order valence-electron chi connectivity index (χ3n) is 6.18. The van der Waals surface area contributed by atoms with Gasteiger partial charge in [-0.15, -0.1) is 0 Å². The van der Waals surface area contributed by atoms with Gasteiger partial charge in [-0.2, -0.15) is 0 Å². The van der Waals surface area contributed by atoms with Crippen molar-refractivity contribution >= 4 is 17.5 Å². The van der Waals surface area contributed by atoms with Crippen molar-refractivity contribution in [1.29, 1.82) is 0 Å². The monoisotopic (exact) mass is 385 g/mol. The summed E-state index contributed by atoms with van der Waals surface area (Å²) in [5, 5.41) is 42.1. The maximum Gasteiger partial charge on any atom is 0.255 e. The number of allylic oxidation sites excluding steroid dienone is 2. The normalized spacial score (nSPS) is 29.4. The first-order valence-corrected chi connectivity index (χ1v) is 8.87. The van der Waals surface area contributed by atoms with Crippen LogP contribution in [0.25, 0.3) is 0 Å². The van der Waals surface area contributed by atoms with E-state index in [-0.39, 0.29) is 29.7 Å². The first kappa shape index (κ1) is 18.2. The van der Waals surface area contributed by atoms with Crippen molar-refractivity contribution in [1.82, 2.24) is 0 Å². The Labute approximate surface area is 159 Å². The van der Waals surface area contributed by atoms with Gasteiger partial charge in [0.05, 0.1) is 5.56 Å². The number of carbonyl (C=O) groups excluding carboxylic acids is 3. The maximum absolute atomic E-state index is 13.1. The standard InChI is InChI=1S/C20H19NO7/c1-7-2-3-11(22)14-10(7)5-8-4-9-6-12(23)15(19(21)27)18(26)20(9,28)17(25)13(8)16(14)24/h2-3,8-9,22-23,25,28H,4-6H2,1H3,(H2,21,27)/t8-,9+,20+/m0/s1. The Hall–Kier alpha value is -3.13. The number of phenols is 1. The quantitative estimate of drug-likeness (QED) is 0.449. The van der Waals surface area contributed by atoms with E-state index in [2.05, 4.69) is 0 Å². The van der Waals surface area contributed by atoms with E-state index in [1.165, 1.54) is 6.07 Å². The van der Waals surface area contributed by atoms with E-state index in [1.807, 2.05) is 0 Å². The van der Waals surface area contributed by atoms with Crippen LogP contribution in [0.5, 0.6) is 5.75 Å². The number of carbonyl (C=O) groups is 3. The molecule has 1 aromatic carbocycles. The second kappa shape index (κ2) is 5.68. The number of Topliss-reactive ketones (excluding diaryl/α,β-unsaturated/α-hetero) is 2. The number of primary amides is 1. The highest BCUT2D eigenvalue weighted by molar-refractivity contribution is 6.24. The molecule has 3 aliphatic rings. The van der Waals surface area contributed by atoms with Gasteiger partial charge >= 0.3 is 0 Å². The Balaban J connectivity index is 1.93. The van der Waals surface area contributed by atoms with Crippen LogP contribution in [0.15, 0.2) is 34.8 Å². The minimum Gasteiger partial charge on any atom is -0.511 e. The first-order valence-electron chi connectivity index (χ1n) is 8.87. The number of aromatic hydroxyl groups is 1. The van der Waals surface area contributed by atoms with E-state index in [9.17, 15) is 34.8 Å². The molecule has 8 heteroatoms. The minimum atomic E-state index is -2.52. The second-order valence-corrected chi connectivity index (χ2v) is 7.67. The lowest BCUT2D eigenvalue weighted by Crippen LogP contribution is -2.57. The molecule has 0 unspecified atom stereocenters. The van der Waals surface area contributed by atoms with Crippen LogP contribution in [0.1, 0.15) is 34.3 Å². The van der Waals surface area contributed by atoms with E-state index >= 15 is 0 Å². The number of nitrogens with two attached hydrogens (primary N) is 1. The number of hydrogen-bond acceptors (Lipinski definition) is 7. The Kier molecular flexibility index (Phi) is 3.70. The molecule has 28 heavy (non-hydrogen) atoms. The number of rotatable bonds is 1. The molecule has 0 saturated heterocycles. The average molecular weight is 385 g/mol. The van der Waals surface area contributed by atoms with E-state index in [4.69, 9.17) is 5.73 Å². The van der Waals surface area contributed by atoms with Gasteiger partial charge in [-0.1, -0.05) is 6.07 Å². The van der Waals surface area contributed by atoms with Crippen molar-refractivity contribution in [2.24, 2.45) is 17.6 Å². The molecule has 0 aliphatic heterocycles. The van der Waals surface area contributed by atoms with Crippen LogP contribution in [0.4, 0.5) is 0 Å². The van der Waals surface area contributed by atoms with E-state index in [0.717, 1.165) is 5.56 Å². The molecule has 0 fully saturated rings.